The van der Waals surface area contributed by atoms with Gasteiger partial charge in [0, 0.05) is 18.3 Å². The van der Waals surface area contributed by atoms with Gasteiger partial charge in [0.15, 0.2) is 0 Å². The van der Waals surface area contributed by atoms with Crippen molar-refractivity contribution in [3.05, 3.63) is 18.2 Å². The van der Waals surface area contributed by atoms with E-state index in [4.69, 9.17) is 10.5 Å². The summed E-state index contributed by atoms with van der Waals surface area (Å²) in [6.45, 7) is 3.62. The summed E-state index contributed by atoms with van der Waals surface area (Å²) in [5.74, 6) is 0.332. The normalized spacial score (nSPS) is 19.8. The molecule has 6 nitrogen and oxygen atoms in total. The maximum absolute atomic E-state index is 12.5. The molecule has 1 heterocycles. The molecule has 1 saturated heterocycles. The number of ether oxygens (including phenoxy) is 1. The molecule has 2 rings (SSSR count). The molecule has 3 N–H and O–H groups in total. The molecular formula is C14H23N3O3S. The van der Waals surface area contributed by atoms with Gasteiger partial charge in [-0.1, -0.05) is 0 Å². The third-order valence-electron chi connectivity index (χ3n) is 3.74. The van der Waals surface area contributed by atoms with Crippen molar-refractivity contribution in [3.8, 4) is 5.75 Å². The highest BCUT2D eigenvalue weighted by Crippen LogP contribution is 2.26. The van der Waals surface area contributed by atoms with Crippen molar-refractivity contribution in [2.75, 3.05) is 32.5 Å². The number of rotatable bonds is 6. The number of nitrogens with zero attached hydrogens (tertiary/aromatic N) is 1. The Kier molecular flexibility index (Phi) is 5.08. The maximum Gasteiger partial charge on any atom is 0.244 e. The van der Waals surface area contributed by atoms with Crippen LogP contribution in [0, 0.1) is 0 Å². The van der Waals surface area contributed by atoms with E-state index < -0.39 is 10.0 Å². The standard InChI is InChI=1S/C14H23N3O3S/c1-3-20-13-7-6-11(15)9-14(13)21(18,19)16-10-12-5-4-8-17(12)2/h6-7,9,12,16H,3-5,8,10,15H2,1-2H3. The van der Waals surface area contributed by atoms with Crippen molar-refractivity contribution in [1.82, 2.24) is 9.62 Å². The van der Waals surface area contributed by atoms with Crippen LogP contribution in [0.2, 0.25) is 0 Å². The van der Waals surface area contributed by atoms with Gasteiger partial charge in [0.1, 0.15) is 10.6 Å². The van der Waals surface area contributed by atoms with E-state index in [1.807, 2.05) is 14.0 Å². The van der Waals surface area contributed by atoms with E-state index >= 15 is 0 Å². The number of hydrogen-bond acceptors (Lipinski definition) is 5. The lowest BCUT2D eigenvalue weighted by atomic mass is 10.2. The highest BCUT2D eigenvalue weighted by Gasteiger charge is 2.25. The number of sulfonamides is 1. The summed E-state index contributed by atoms with van der Waals surface area (Å²) < 4.78 is 33.0. The van der Waals surface area contributed by atoms with Crippen LogP contribution in [0.25, 0.3) is 0 Å². The Morgan fingerprint density at radius 3 is 2.86 bits per heavy atom. The molecule has 1 aliphatic rings. The smallest absolute Gasteiger partial charge is 0.244 e. The topological polar surface area (TPSA) is 84.7 Å². The summed E-state index contributed by atoms with van der Waals surface area (Å²) in [6.07, 6.45) is 2.11. The summed E-state index contributed by atoms with van der Waals surface area (Å²) in [6, 6.07) is 4.91. The predicted molar refractivity (Wildman–Crippen MR) is 82.9 cm³/mol. The van der Waals surface area contributed by atoms with E-state index in [1.54, 1.807) is 12.1 Å². The van der Waals surface area contributed by atoms with Gasteiger partial charge >= 0.3 is 0 Å². The van der Waals surface area contributed by atoms with Crippen LogP contribution in [-0.4, -0.2) is 46.1 Å². The van der Waals surface area contributed by atoms with Gasteiger partial charge in [-0.3, -0.25) is 0 Å². The molecule has 1 aliphatic heterocycles. The molecule has 0 aromatic heterocycles. The van der Waals surface area contributed by atoms with Crippen LogP contribution in [0.3, 0.4) is 0 Å². The van der Waals surface area contributed by atoms with Gasteiger partial charge < -0.3 is 15.4 Å². The first-order valence-electron chi connectivity index (χ1n) is 7.16. The van der Waals surface area contributed by atoms with Crippen molar-refractivity contribution in [1.29, 1.82) is 0 Å². The minimum atomic E-state index is -3.63. The number of likely N-dealkylation sites (N-methyl/N-ethyl adjacent to an activating group) is 1. The van der Waals surface area contributed by atoms with Crippen molar-refractivity contribution >= 4 is 15.7 Å². The first-order valence-corrected chi connectivity index (χ1v) is 8.64. The average molecular weight is 313 g/mol. The Bertz CT molecular complexity index is 589. The fourth-order valence-corrected chi connectivity index (χ4v) is 3.78. The van der Waals surface area contributed by atoms with Crippen molar-refractivity contribution in [2.45, 2.75) is 30.7 Å². The summed E-state index contributed by atoms with van der Waals surface area (Å²) >= 11 is 0. The zero-order chi connectivity index (χ0) is 15.5. The molecule has 0 spiro atoms. The molecule has 0 amide bonds. The minimum absolute atomic E-state index is 0.102. The number of nitrogen functional groups attached to an aromatic ring is 1. The van der Waals surface area contributed by atoms with Gasteiger partial charge in [-0.2, -0.15) is 0 Å². The Hall–Kier alpha value is -1.31. The fourth-order valence-electron chi connectivity index (χ4n) is 2.53. The van der Waals surface area contributed by atoms with Crippen LogP contribution >= 0.6 is 0 Å². The first kappa shape index (κ1) is 16.1. The quantitative estimate of drug-likeness (QED) is 0.767. The molecule has 118 valence electrons. The molecule has 0 saturated carbocycles. The van der Waals surface area contributed by atoms with Crippen LogP contribution in [0.15, 0.2) is 23.1 Å². The number of nitrogens with two attached hydrogens (primary N) is 1. The van der Waals surface area contributed by atoms with Gasteiger partial charge in [0.05, 0.1) is 6.61 Å². The van der Waals surface area contributed by atoms with E-state index in [2.05, 4.69) is 9.62 Å². The van der Waals surface area contributed by atoms with E-state index in [-0.39, 0.29) is 10.9 Å². The third-order valence-corrected chi connectivity index (χ3v) is 5.18. The lowest BCUT2D eigenvalue weighted by molar-refractivity contribution is 0.310. The van der Waals surface area contributed by atoms with Gasteiger partial charge in [-0.05, 0) is 51.6 Å². The second kappa shape index (κ2) is 6.64. The number of hydrogen-bond donors (Lipinski definition) is 2. The average Bonchev–Trinajstić information content (AvgIpc) is 2.84. The van der Waals surface area contributed by atoms with Crippen LogP contribution in [0.4, 0.5) is 5.69 Å². The zero-order valence-electron chi connectivity index (χ0n) is 12.5. The molecule has 21 heavy (non-hydrogen) atoms. The van der Waals surface area contributed by atoms with Gasteiger partial charge in [0.25, 0.3) is 0 Å². The fraction of sp³-hybridized carbons (Fsp3) is 0.571. The summed E-state index contributed by atoms with van der Waals surface area (Å²) in [4.78, 5) is 2.27. The summed E-state index contributed by atoms with van der Waals surface area (Å²) in [5, 5.41) is 0. The Balaban J connectivity index is 2.16. The lowest BCUT2D eigenvalue weighted by Gasteiger charge is -2.20. The monoisotopic (exact) mass is 313 g/mol. The molecule has 7 heteroatoms. The number of anilines is 1. The highest BCUT2D eigenvalue weighted by molar-refractivity contribution is 7.89. The Morgan fingerprint density at radius 2 is 2.24 bits per heavy atom. The van der Waals surface area contributed by atoms with Crippen molar-refractivity contribution < 1.29 is 13.2 Å². The van der Waals surface area contributed by atoms with E-state index in [1.165, 1.54) is 6.07 Å². The van der Waals surface area contributed by atoms with Crippen molar-refractivity contribution in [2.24, 2.45) is 0 Å². The molecule has 1 atom stereocenters. The highest BCUT2D eigenvalue weighted by atomic mass is 32.2. The Labute approximate surface area is 126 Å². The number of likely N-dealkylation sites (tertiary alicyclic amines) is 1. The third kappa shape index (κ3) is 3.87. The Morgan fingerprint density at radius 1 is 1.48 bits per heavy atom. The molecule has 1 unspecified atom stereocenters. The molecule has 1 fully saturated rings. The number of nitrogens with one attached hydrogen (secondary N) is 1. The molecule has 0 bridgehead atoms. The van der Waals surface area contributed by atoms with Crippen LogP contribution in [-0.2, 0) is 10.0 Å². The van der Waals surface area contributed by atoms with Crippen LogP contribution in [0.1, 0.15) is 19.8 Å². The molecule has 1 aromatic rings. The van der Waals surface area contributed by atoms with Gasteiger partial charge in [-0.15, -0.1) is 0 Å². The minimum Gasteiger partial charge on any atom is -0.492 e. The molecule has 1 aromatic carbocycles. The largest absolute Gasteiger partial charge is 0.492 e. The molecule has 0 aliphatic carbocycles. The summed E-state index contributed by atoms with van der Waals surface area (Å²) in [7, 11) is -1.62. The van der Waals surface area contributed by atoms with Crippen LogP contribution in [0.5, 0.6) is 5.75 Å². The molecular weight excluding hydrogens is 290 g/mol. The van der Waals surface area contributed by atoms with Crippen molar-refractivity contribution in [3.63, 3.8) is 0 Å². The van der Waals surface area contributed by atoms with Gasteiger partial charge in [-0.25, -0.2) is 13.1 Å². The van der Waals surface area contributed by atoms with E-state index in [9.17, 15) is 8.42 Å². The SMILES string of the molecule is CCOc1ccc(N)cc1S(=O)(=O)NCC1CCCN1C. The lowest BCUT2D eigenvalue weighted by Crippen LogP contribution is -2.38. The second-order valence-electron chi connectivity index (χ2n) is 5.27. The van der Waals surface area contributed by atoms with Gasteiger partial charge in [0.2, 0.25) is 10.0 Å². The molecule has 0 radical (unpaired) electrons. The first-order chi connectivity index (χ1) is 9.94. The second-order valence-corrected chi connectivity index (χ2v) is 7.00. The van der Waals surface area contributed by atoms with E-state index in [0.717, 1.165) is 19.4 Å². The van der Waals surface area contributed by atoms with Crippen LogP contribution < -0.4 is 15.2 Å². The number of benzene rings is 1. The summed E-state index contributed by atoms with van der Waals surface area (Å²) in [5.41, 5.74) is 6.10. The zero-order valence-corrected chi connectivity index (χ0v) is 13.3. The van der Waals surface area contributed by atoms with E-state index in [0.29, 0.717) is 24.6 Å². The predicted octanol–water partition coefficient (Wildman–Crippen LogP) is 1.04. The maximum atomic E-state index is 12.5.